The average Bonchev–Trinajstić information content (AvgIpc) is 2.16. The van der Waals surface area contributed by atoms with Gasteiger partial charge in [0.15, 0.2) is 0 Å². The van der Waals surface area contributed by atoms with Gasteiger partial charge in [0, 0.05) is 17.2 Å². The highest BCUT2D eigenvalue weighted by Crippen LogP contribution is 2.23. The smallest absolute Gasteiger partial charge is 0.0501 e. The minimum absolute atomic E-state index is 0.301. The van der Waals surface area contributed by atoms with Gasteiger partial charge in [0.05, 0.1) is 10.8 Å². The summed E-state index contributed by atoms with van der Waals surface area (Å²) in [6.07, 6.45) is 1.72. The molecule has 0 saturated carbocycles. The summed E-state index contributed by atoms with van der Waals surface area (Å²) in [6.45, 7) is 2.12. The zero-order chi connectivity index (χ0) is 10.7. The molecule has 0 aliphatic heterocycles. The maximum Gasteiger partial charge on any atom is 0.0501 e. The minimum atomic E-state index is -0.904. The number of nitrogens with zero attached hydrogens (tertiary/aromatic N) is 1. The van der Waals surface area contributed by atoms with E-state index in [1.54, 1.807) is 6.26 Å². The first kappa shape index (κ1) is 11.4. The topological polar surface area (TPSA) is 20.3 Å². The molecular weight excluding hydrogens is 194 g/mol. The summed E-state index contributed by atoms with van der Waals surface area (Å²) in [6, 6.07) is 8.20. The SMILES string of the molecule is C[C@H](c1ccccc1[S@](C)=O)N(C)C. The summed E-state index contributed by atoms with van der Waals surface area (Å²) in [7, 11) is 3.15. The van der Waals surface area contributed by atoms with E-state index in [0.29, 0.717) is 6.04 Å². The van der Waals surface area contributed by atoms with Crippen molar-refractivity contribution >= 4 is 10.8 Å². The van der Waals surface area contributed by atoms with Crippen molar-refractivity contribution in [2.24, 2.45) is 0 Å². The molecule has 0 spiro atoms. The summed E-state index contributed by atoms with van der Waals surface area (Å²) >= 11 is 0. The second-order valence-corrected chi connectivity index (χ2v) is 4.98. The van der Waals surface area contributed by atoms with Crippen LogP contribution in [-0.2, 0) is 10.8 Å². The lowest BCUT2D eigenvalue weighted by Crippen LogP contribution is -2.18. The summed E-state index contributed by atoms with van der Waals surface area (Å²) in [4.78, 5) is 3.06. The fourth-order valence-electron chi connectivity index (χ4n) is 1.37. The molecule has 0 unspecified atom stereocenters. The van der Waals surface area contributed by atoms with Crippen molar-refractivity contribution < 1.29 is 4.21 Å². The quantitative estimate of drug-likeness (QED) is 0.762. The largest absolute Gasteiger partial charge is 0.303 e. The molecule has 2 nitrogen and oxygen atoms in total. The van der Waals surface area contributed by atoms with E-state index in [0.717, 1.165) is 10.5 Å². The predicted molar refractivity (Wildman–Crippen MR) is 60.9 cm³/mol. The molecule has 14 heavy (non-hydrogen) atoms. The van der Waals surface area contributed by atoms with Gasteiger partial charge in [-0.05, 0) is 32.6 Å². The van der Waals surface area contributed by atoms with Gasteiger partial charge in [-0.25, -0.2) is 0 Å². The first-order valence-corrected chi connectivity index (χ1v) is 6.18. The van der Waals surface area contributed by atoms with Crippen LogP contribution < -0.4 is 0 Å². The molecule has 2 atom stereocenters. The van der Waals surface area contributed by atoms with Gasteiger partial charge >= 0.3 is 0 Å². The van der Waals surface area contributed by atoms with E-state index in [9.17, 15) is 4.21 Å². The van der Waals surface area contributed by atoms with Gasteiger partial charge < -0.3 is 4.90 Å². The van der Waals surface area contributed by atoms with E-state index in [-0.39, 0.29) is 0 Å². The van der Waals surface area contributed by atoms with E-state index in [1.807, 2.05) is 38.4 Å². The number of hydrogen-bond donors (Lipinski definition) is 0. The van der Waals surface area contributed by atoms with Crippen LogP contribution in [0.1, 0.15) is 18.5 Å². The molecular formula is C11H17NOS. The van der Waals surface area contributed by atoms with Gasteiger partial charge in [0.25, 0.3) is 0 Å². The Morgan fingerprint density at radius 1 is 1.29 bits per heavy atom. The zero-order valence-electron chi connectivity index (χ0n) is 9.15. The molecule has 0 aromatic heterocycles. The number of rotatable bonds is 3. The molecule has 0 amide bonds. The standard InChI is InChI=1S/C11H17NOS/c1-9(12(2)3)10-7-5-6-8-11(10)14(4)13/h5-9H,1-4H3/t9-,14+/m1/s1. The van der Waals surface area contributed by atoms with E-state index < -0.39 is 10.8 Å². The number of hydrogen-bond acceptors (Lipinski definition) is 2. The van der Waals surface area contributed by atoms with Crippen LogP contribution in [0, 0.1) is 0 Å². The Morgan fingerprint density at radius 2 is 1.86 bits per heavy atom. The fraction of sp³-hybridized carbons (Fsp3) is 0.455. The molecule has 0 bridgehead atoms. The van der Waals surface area contributed by atoms with Crippen molar-refractivity contribution in [1.29, 1.82) is 0 Å². The van der Waals surface area contributed by atoms with Crippen molar-refractivity contribution in [2.75, 3.05) is 20.4 Å². The summed E-state index contributed by atoms with van der Waals surface area (Å²) < 4.78 is 11.5. The second-order valence-electron chi connectivity index (χ2n) is 3.63. The van der Waals surface area contributed by atoms with E-state index in [4.69, 9.17) is 0 Å². The normalized spacial score (nSPS) is 15.5. The molecule has 78 valence electrons. The van der Waals surface area contributed by atoms with Gasteiger partial charge in [-0.1, -0.05) is 18.2 Å². The Labute approximate surface area is 88.4 Å². The van der Waals surface area contributed by atoms with Crippen LogP contribution in [0.15, 0.2) is 29.2 Å². The molecule has 0 aliphatic rings. The van der Waals surface area contributed by atoms with Crippen LogP contribution in [-0.4, -0.2) is 29.5 Å². The first-order valence-electron chi connectivity index (χ1n) is 4.63. The van der Waals surface area contributed by atoms with E-state index >= 15 is 0 Å². The Hall–Kier alpha value is -0.670. The third-order valence-electron chi connectivity index (χ3n) is 2.45. The van der Waals surface area contributed by atoms with Crippen molar-refractivity contribution in [3.8, 4) is 0 Å². The Balaban J connectivity index is 3.13. The summed E-state index contributed by atoms with van der Waals surface area (Å²) in [5, 5.41) is 0. The lowest BCUT2D eigenvalue weighted by molar-refractivity contribution is 0.317. The Kier molecular flexibility index (Phi) is 3.84. The van der Waals surface area contributed by atoms with Crippen LogP contribution >= 0.6 is 0 Å². The molecule has 1 rings (SSSR count). The highest BCUT2D eigenvalue weighted by molar-refractivity contribution is 7.84. The van der Waals surface area contributed by atoms with Gasteiger partial charge in [-0.2, -0.15) is 0 Å². The van der Waals surface area contributed by atoms with Crippen molar-refractivity contribution in [2.45, 2.75) is 17.9 Å². The van der Waals surface area contributed by atoms with Crippen molar-refractivity contribution in [3.05, 3.63) is 29.8 Å². The minimum Gasteiger partial charge on any atom is -0.303 e. The van der Waals surface area contributed by atoms with Crippen LogP contribution in [0.25, 0.3) is 0 Å². The van der Waals surface area contributed by atoms with Gasteiger partial charge in [0.1, 0.15) is 0 Å². The zero-order valence-corrected chi connectivity index (χ0v) is 9.97. The summed E-state index contributed by atoms with van der Waals surface area (Å²) in [5.74, 6) is 0. The van der Waals surface area contributed by atoms with Gasteiger partial charge in [-0.3, -0.25) is 4.21 Å². The van der Waals surface area contributed by atoms with Crippen LogP contribution in [0.5, 0.6) is 0 Å². The molecule has 1 aromatic rings. The Morgan fingerprint density at radius 3 is 2.36 bits per heavy atom. The fourth-order valence-corrected chi connectivity index (χ4v) is 2.21. The third-order valence-corrected chi connectivity index (χ3v) is 3.44. The highest BCUT2D eigenvalue weighted by Gasteiger charge is 2.13. The monoisotopic (exact) mass is 211 g/mol. The molecule has 3 heteroatoms. The highest BCUT2D eigenvalue weighted by atomic mass is 32.2. The maximum absolute atomic E-state index is 11.5. The lowest BCUT2D eigenvalue weighted by atomic mass is 10.1. The molecule has 1 aromatic carbocycles. The van der Waals surface area contributed by atoms with Gasteiger partial charge in [-0.15, -0.1) is 0 Å². The molecule has 0 fully saturated rings. The van der Waals surface area contributed by atoms with Crippen molar-refractivity contribution in [1.82, 2.24) is 4.90 Å². The molecule has 0 saturated heterocycles. The van der Waals surface area contributed by atoms with Crippen LogP contribution in [0.2, 0.25) is 0 Å². The van der Waals surface area contributed by atoms with Crippen LogP contribution in [0.4, 0.5) is 0 Å². The van der Waals surface area contributed by atoms with Gasteiger partial charge in [0.2, 0.25) is 0 Å². The molecule has 0 radical (unpaired) electrons. The first-order chi connectivity index (χ1) is 6.54. The second kappa shape index (κ2) is 4.71. The average molecular weight is 211 g/mol. The van der Waals surface area contributed by atoms with E-state index in [2.05, 4.69) is 11.8 Å². The summed E-state index contributed by atoms with van der Waals surface area (Å²) in [5.41, 5.74) is 1.15. The predicted octanol–water partition coefficient (Wildman–Crippen LogP) is 2.05. The lowest BCUT2D eigenvalue weighted by Gasteiger charge is -2.22. The molecule has 0 aliphatic carbocycles. The Bertz CT molecular complexity index is 336. The number of benzene rings is 1. The molecule has 0 heterocycles. The maximum atomic E-state index is 11.5. The van der Waals surface area contributed by atoms with Crippen molar-refractivity contribution in [3.63, 3.8) is 0 Å². The van der Waals surface area contributed by atoms with E-state index in [1.165, 1.54) is 0 Å². The van der Waals surface area contributed by atoms with Crippen LogP contribution in [0.3, 0.4) is 0 Å². The third kappa shape index (κ3) is 2.42. The molecule has 0 N–H and O–H groups in total.